The fourth-order valence-electron chi connectivity index (χ4n) is 2.71. The number of nitrogens with zero attached hydrogens (tertiary/aromatic N) is 2. The molecule has 1 atom stereocenters. The minimum Gasteiger partial charge on any atom is -0.311 e. The minimum absolute atomic E-state index is 0.162. The third kappa shape index (κ3) is 3.75. The first-order valence-electron chi connectivity index (χ1n) is 6.89. The van der Waals surface area contributed by atoms with Gasteiger partial charge in [-0.2, -0.15) is 0 Å². The van der Waals surface area contributed by atoms with Crippen LogP contribution in [-0.4, -0.2) is 35.5 Å². The van der Waals surface area contributed by atoms with E-state index in [1.807, 2.05) is 6.07 Å². The minimum atomic E-state index is -0.348. The van der Waals surface area contributed by atoms with E-state index in [0.717, 1.165) is 18.7 Å². The van der Waals surface area contributed by atoms with Gasteiger partial charge in [-0.05, 0) is 31.5 Å². The molecule has 19 heavy (non-hydrogen) atoms. The van der Waals surface area contributed by atoms with E-state index in [-0.39, 0.29) is 10.6 Å². The van der Waals surface area contributed by atoms with Crippen LogP contribution in [0, 0.1) is 10.1 Å². The van der Waals surface area contributed by atoms with Crippen molar-refractivity contribution in [2.24, 2.45) is 0 Å². The molecule has 1 aromatic rings. The van der Waals surface area contributed by atoms with Crippen molar-refractivity contribution in [3.8, 4) is 0 Å². The van der Waals surface area contributed by atoms with Gasteiger partial charge in [-0.25, -0.2) is 0 Å². The SMILES string of the molecule is CCN1CCC[C@@H]1CNCc1cccc([N+](=O)[O-])c1. The molecule has 2 rings (SSSR count). The second-order valence-electron chi connectivity index (χ2n) is 4.98. The topological polar surface area (TPSA) is 58.4 Å². The maximum Gasteiger partial charge on any atom is 0.269 e. The first-order chi connectivity index (χ1) is 9.20. The quantitative estimate of drug-likeness (QED) is 0.631. The third-order valence-corrected chi connectivity index (χ3v) is 3.74. The summed E-state index contributed by atoms with van der Waals surface area (Å²) in [5.74, 6) is 0. The van der Waals surface area contributed by atoms with Crippen LogP contribution >= 0.6 is 0 Å². The number of likely N-dealkylation sites (tertiary alicyclic amines) is 1. The number of nitrogens with one attached hydrogen (secondary N) is 1. The van der Waals surface area contributed by atoms with Gasteiger partial charge in [0.25, 0.3) is 5.69 Å². The zero-order valence-corrected chi connectivity index (χ0v) is 11.3. The highest BCUT2D eigenvalue weighted by Gasteiger charge is 2.22. The van der Waals surface area contributed by atoms with Gasteiger partial charge in [0.05, 0.1) is 4.92 Å². The molecule has 5 heteroatoms. The Morgan fingerprint density at radius 2 is 2.37 bits per heavy atom. The van der Waals surface area contributed by atoms with Crippen LogP contribution in [0.4, 0.5) is 5.69 Å². The molecule has 0 unspecified atom stereocenters. The summed E-state index contributed by atoms with van der Waals surface area (Å²) in [5.41, 5.74) is 1.13. The second kappa shape index (κ2) is 6.63. The Morgan fingerprint density at radius 3 is 3.11 bits per heavy atom. The lowest BCUT2D eigenvalue weighted by atomic mass is 10.2. The monoisotopic (exact) mass is 263 g/mol. The average molecular weight is 263 g/mol. The lowest BCUT2D eigenvalue weighted by Gasteiger charge is -2.22. The molecule has 1 heterocycles. The van der Waals surface area contributed by atoms with Gasteiger partial charge in [0, 0.05) is 31.3 Å². The number of nitro benzene ring substituents is 1. The van der Waals surface area contributed by atoms with Crippen LogP contribution in [-0.2, 0) is 6.54 Å². The molecule has 1 saturated heterocycles. The number of rotatable bonds is 6. The molecule has 0 aromatic heterocycles. The van der Waals surface area contributed by atoms with Crippen LogP contribution in [0.15, 0.2) is 24.3 Å². The molecule has 1 aliphatic heterocycles. The standard InChI is InChI=1S/C14H21N3O2/c1-2-16-8-4-7-14(16)11-15-10-12-5-3-6-13(9-12)17(18)19/h3,5-6,9,14-15H,2,4,7-8,10-11H2,1H3/t14-/m1/s1. The summed E-state index contributed by atoms with van der Waals surface area (Å²) in [6.07, 6.45) is 2.52. The van der Waals surface area contributed by atoms with Crippen molar-refractivity contribution in [1.82, 2.24) is 10.2 Å². The number of non-ortho nitro benzene ring substituents is 1. The van der Waals surface area contributed by atoms with Crippen molar-refractivity contribution in [1.29, 1.82) is 0 Å². The van der Waals surface area contributed by atoms with Crippen LogP contribution in [0.5, 0.6) is 0 Å². The normalized spacial score (nSPS) is 19.7. The van der Waals surface area contributed by atoms with Gasteiger partial charge >= 0.3 is 0 Å². The Labute approximate surface area is 113 Å². The average Bonchev–Trinajstić information content (AvgIpc) is 2.86. The van der Waals surface area contributed by atoms with Crippen molar-refractivity contribution in [2.75, 3.05) is 19.6 Å². The van der Waals surface area contributed by atoms with Gasteiger partial charge in [0.15, 0.2) is 0 Å². The molecular weight excluding hydrogens is 242 g/mol. The van der Waals surface area contributed by atoms with Gasteiger partial charge in [-0.15, -0.1) is 0 Å². The molecule has 1 aromatic carbocycles. The summed E-state index contributed by atoms with van der Waals surface area (Å²) >= 11 is 0. The lowest BCUT2D eigenvalue weighted by Crippen LogP contribution is -2.37. The Bertz CT molecular complexity index is 436. The lowest BCUT2D eigenvalue weighted by molar-refractivity contribution is -0.384. The molecule has 1 N–H and O–H groups in total. The van der Waals surface area contributed by atoms with Gasteiger partial charge in [-0.1, -0.05) is 19.1 Å². The van der Waals surface area contributed by atoms with Crippen LogP contribution in [0.2, 0.25) is 0 Å². The van der Waals surface area contributed by atoms with E-state index in [0.29, 0.717) is 12.6 Å². The Hall–Kier alpha value is -1.46. The number of likely N-dealkylation sites (N-methyl/N-ethyl adjacent to an activating group) is 1. The molecule has 0 radical (unpaired) electrons. The highest BCUT2D eigenvalue weighted by molar-refractivity contribution is 5.34. The highest BCUT2D eigenvalue weighted by Crippen LogP contribution is 2.16. The number of hydrogen-bond acceptors (Lipinski definition) is 4. The van der Waals surface area contributed by atoms with Crippen LogP contribution < -0.4 is 5.32 Å². The summed E-state index contributed by atoms with van der Waals surface area (Å²) < 4.78 is 0. The third-order valence-electron chi connectivity index (χ3n) is 3.74. The predicted molar refractivity (Wildman–Crippen MR) is 75.1 cm³/mol. The molecule has 1 aliphatic rings. The summed E-state index contributed by atoms with van der Waals surface area (Å²) in [4.78, 5) is 12.8. The van der Waals surface area contributed by atoms with Crippen molar-refractivity contribution in [3.05, 3.63) is 39.9 Å². The Morgan fingerprint density at radius 1 is 1.53 bits per heavy atom. The highest BCUT2D eigenvalue weighted by atomic mass is 16.6. The van der Waals surface area contributed by atoms with E-state index in [9.17, 15) is 10.1 Å². The fourth-order valence-corrected chi connectivity index (χ4v) is 2.71. The second-order valence-corrected chi connectivity index (χ2v) is 4.98. The molecule has 0 bridgehead atoms. The fraction of sp³-hybridized carbons (Fsp3) is 0.571. The summed E-state index contributed by atoms with van der Waals surface area (Å²) in [7, 11) is 0. The van der Waals surface area contributed by atoms with Crippen molar-refractivity contribution in [3.63, 3.8) is 0 Å². The molecule has 0 amide bonds. The maximum absolute atomic E-state index is 10.7. The van der Waals surface area contributed by atoms with E-state index >= 15 is 0 Å². The Kier molecular flexibility index (Phi) is 4.87. The maximum atomic E-state index is 10.7. The van der Waals surface area contributed by atoms with Crippen molar-refractivity contribution >= 4 is 5.69 Å². The molecule has 1 fully saturated rings. The smallest absolute Gasteiger partial charge is 0.269 e. The van der Waals surface area contributed by atoms with E-state index in [1.165, 1.54) is 25.5 Å². The largest absolute Gasteiger partial charge is 0.311 e. The molecule has 0 aliphatic carbocycles. The zero-order chi connectivity index (χ0) is 13.7. The van der Waals surface area contributed by atoms with E-state index in [1.54, 1.807) is 12.1 Å². The first-order valence-corrected chi connectivity index (χ1v) is 6.89. The van der Waals surface area contributed by atoms with Crippen molar-refractivity contribution < 1.29 is 4.92 Å². The molecule has 0 spiro atoms. The molecule has 104 valence electrons. The van der Waals surface area contributed by atoms with E-state index in [2.05, 4.69) is 17.1 Å². The van der Waals surface area contributed by atoms with E-state index < -0.39 is 0 Å². The molecular formula is C14H21N3O2. The zero-order valence-electron chi connectivity index (χ0n) is 11.3. The van der Waals surface area contributed by atoms with Gasteiger partial charge < -0.3 is 5.32 Å². The van der Waals surface area contributed by atoms with Gasteiger partial charge in [-0.3, -0.25) is 15.0 Å². The van der Waals surface area contributed by atoms with Crippen LogP contribution in [0.1, 0.15) is 25.3 Å². The van der Waals surface area contributed by atoms with Gasteiger partial charge in [0.1, 0.15) is 0 Å². The summed E-state index contributed by atoms with van der Waals surface area (Å²) in [5, 5.41) is 14.1. The molecule has 5 nitrogen and oxygen atoms in total. The first kappa shape index (κ1) is 14.0. The van der Waals surface area contributed by atoms with Crippen LogP contribution in [0.3, 0.4) is 0 Å². The molecule has 0 saturated carbocycles. The Balaban J connectivity index is 1.82. The number of hydrogen-bond donors (Lipinski definition) is 1. The number of nitro groups is 1. The van der Waals surface area contributed by atoms with Crippen molar-refractivity contribution in [2.45, 2.75) is 32.4 Å². The van der Waals surface area contributed by atoms with E-state index in [4.69, 9.17) is 0 Å². The van der Waals surface area contributed by atoms with Gasteiger partial charge in [0.2, 0.25) is 0 Å². The predicted octanol–water partition coefficient (Wildman–Crippen LogP) is 2.17. The van der Waals surface area contributed by atoms with Crippen LogP contribution in [0.25, 0.3) is 0 Å². The number of benzene rings is 1. The summed E-state index contributed by atoms with van der Waals surface area (Å²) in [6.45, 7) is 6.13. The summed E-state index contributed by atoms with van der Waals surface area (Å²) in [6, 6.07) is 7.44.